The van der Waals surface area contributed by atoms with Crippen molar-refractivity contribution in [3.63, 3.8) is 0 Å². The van der Waals surface area contributed by atoms with Gasteiger partial charge < -0.3 is 18.8 Å². The first-order chi connectivity index (χ1) is 16.4. The molecule has 3 heterocycles. The summed E-state index contributed by atoms with van der Waals surface area (Å²) in [7, 11) is 0. The molecule has 184 valence electrons. The summed E-state index contributed by atoms with van der Waals surface area (Å²) in [5, 5.41) is 0. The second kappa shape index (κ2) is 7.73. The summed E-state index contributed by atoms with van der Waals surface area (Å²) in [6, 6.07) is 13.2. The van der Waals surface area contributed by atoms with Crippen molar-refractivity contribution >= 4 is 11.6 Å². The number of amides is 1. The number of ether oxygens (including phenoxy) is 2. The summed E-state index contributed by atoms with van der Waals surface area (Å²) in [4.78, 5) is 15.5. The molecule has 0 N–H and O–H groups in total. The summed E-state index contributed by atoms with van der Waals surface area (Å²) in [6.07, 6.45) is -4.42. The number of carbonyl (C=O) groups is 1. The highest BCUT2D eigenvalue weighted by atomic mass is 19.4. The molecule has 5 nitrogen and oxygen atoms in total. The van der Waals surface area contributed by atoms with Crippen molar-refractivity contribution in [3.05, 3.63) is 77.2 Å². The summed E-state index contributed by atoms with van der Waals surface area (Å²) in [5.74, 6) is -1.43. The minimum absolute atomic E-state index is 0.0234. The second-order valence-electron chi connectivity index (χ2n) is 9.15. The lowest BCUT2D eigenvalue weighted by Gasteiger charge is -2.43. The third kappa shape index (κ3) is 3.81. The van der Waals surface area contributed by atoms with Crippen molar-refractivity contribution in [3.8, 4) is 11.5 Å². The van der Waals surface area contributed by atoms with Crippen molar-refractivity contribution in [2.75, 3.05) is 4.90 Å². The molecule has 1 amide bonds. The van der Waals surface area contributed by atoms with Gasteiger partial charge in [-0.25, -0.2) is 0 Å². The smallest absolute Gasteiger partial charge is 0.449 e. The standard InChI is InChI=1S/C25H20F5NO4/c1-23(2)13-24(17-9-7-14(34-22(26)27)11-19(17)35-23)16-5-3-4-6-18(16)31(21(24)32)12-15-8-10-20(33-15)25(28,29)30/h3-11,22H,12-13H2,1-2H3/t24-/m1/s1. The highest BCUT2D eigenvalue weighted by molar-refractivity contribution is 6.11. The molecule has 0 saturated heterocycles. The van der Waals surface area contributed by atoms with Crippen LogP contribution in [0.3, 0.4) is 0 Å². The Hall–Kier alpha value is -3.56. The Morgan fingerprint density at radius 3 is 2.49 bits per heavy atom. The van der Waals surface area contributed by atoms with Crippen LogP contribution in [0.1, 0.15) is 42.9 Å². The van der Waals surface area contributed by atoms with Gasteiger partial charge in [0.05, 0.1) is 6.54 Å². The number of carbonyl (C=O) groups excluding carboxylic acids is 1. The van der Waals surface area contributed by atoms with Crippen LogP contribution in [-0.2, 0) is 22.9 Å². The maximum Gasteiger partial charge on any atom is 0.449 e. The van der Waals surface area contributed by atoms with Gasteiger partial charge >= 0.3 is 12.8 Å². The lowest BCUT2D eigenvalue weighted by Crippen LogP contribution is -2.50. The second-order valence-corrected chi connectivity index (χ2v) is 9.15. The van der Waals surface area contributed by atoms with E-state index in [-0.39, 0.29) is 36.1 Å². The fourth-order valence-electron chi connectivity index (χ4n) is 5.07. The number of alkyl halides is 5. The number of anilines is 1. The van der Waals surface area contributed by atoms with Gasteiger partial charge in [0, 0.05) is 23.7 Å². The van der Waals surface area contributed by atoms with E-state index in [2.05, 4.69) is 4.74 Å². The molecule has 2 aromatic carbocycles. The van der Waals surface area contributed by atoms with E-state index in [9.17, 15) is 26.7 Å². The van der Waals surface area contributed by atoms with Gasteiger partial charge in [0.15, 0.2) is 0 Å². The lowest BCUT2D eigenvalue weighted by atomic mass is 9.67. The zero-order valence-corrected chi connectivity index (χ0v) is 18.7. The van der Waals surface area contributed by atoms with E-state index in [1.54, 1.807) is 38.1 Å². The van der Waals surface area contributed by atoms with E-state index in [1.165, 1.54) is 29.2 Å². The molecule has 0 saturated carbocycles. The van der Waals surface area contributed by atoms with Gasteiger partial charge in [-0.3, -0.25) is 4.79 Å². The first-order valence-electron chi connectivity index (χ1n) is 10.8. The van der Waals surface area contributed by atoms with Crippen LogP contribution < -0.4 is 14.4 Å². The Kier molecular flexibility index (Phi) is 5.12. The van der Waals surface area contributed by atoms with Crippen LogP contribution in [0.4, 0.5) is 27.6 Å². The number of nitrogens with zero attached hydrogens (tertiary/aromatic N) is 1. The molecule has 35 heavy (non-hydrogen) atoms. The first-order valence-corrected chi connectivity index (χ1v) is 10.8. The molecule has 5 rings (SSSR count). The quantitative estimate of drug-likeness (QED) is 0.401. The third-order valence-corrected chi connectivity index (χ3v) is 6.24. The van der Waals surface area contributed by atoms with Crippen molar-refractivity contribution in [1.82, 2.24) is 0 Å². The van der Waals surface area contributed by atoms with Crippen LogP contribution in [0.15, 0.2) is 59.0 Å². The molecule has 0 aliphatic carbocycles. The average Bonchev–Trinajstić information content (AvgIpc) is 3.31. The predicted molar refractivity (Wildman–Crippen MR) is 115 cm³/mol. The van der Waals surface area contributed by atoms with Crippen molar-refractivity contribution in [2.45, 2.75) is 50.6 Å². The van der Waals surface area contributed by atoms with Gasteiger partial charge in [-0.2, -0.15) is 22.0 Å². The number of hydrogen-bond donors (Lipinski definition) is 0. The Morgan fingerprint density at radius 1 is 1.06 bits per heavy atom. The van der Waals surface area contributed by atoms with Crippen molar-refractivity contribution in [2.24, 2.45) is 0 Å². The van der Waals surface area contributed by atoms with Crippen LogP contribution in [0.2, 0.25) is 0 Å². The third-order valence-electron chi connectivity index (χ3n) is 6.24. The number of halogens is 5. The molecule has 3 aromatic rings. The first kappa shape index (κ1) is 23.2. The van der Waals surface area contributed by atoms with Crippen LogP contribution in [0.25, 0.3) is 0 Å². The molecule has 1 atom stereocenters. The number of rotatable bonds is 4. The van der Waals surface area contributed by atoms with E-state index in [1.807, 2.05) is 0 Å². The van der Waals surface area contributed by atoms with Crippen LogP contribution >= 0.6 is 0 Å². The van der Waals surface area contributed by atoms with E-state index < -0.39 is 29.6 Å². The van der Waals surface area contributed by atoms with Gasteiger partial charge in [-0.15, -0.1) is 0 Å². The van der Waals surface area contributed by atoms with Crippen LogP contribution in [-0.4, -0.2) is 18.1 Å². The fraction of sp³-hybridized carbons (Fsp3) is 0.320. The van der Waals surface area contributed by atoms with E-state index in [0.29, 0.717) is 16.8 Å². The highest BCUT2D eigenvalue weighted by Gasteiger charge is 2.58. The average molecular weight is 493 g/mol. The fourth-order valence-corrected chi connectivity index (χ4v) is 5.07. The molecule has 1 spiro atoms. The summed E-state index contributed by atoms with van der Waals surface area (Å²) in [6.45, 7) is 0.312. The number of hydrogen-bond acceptors (Lipinski definition) is 4. The number of benzene rings is 2. The minimum atomic E-state index is -4.64. The van der Waals surface area contributed by atoms with Crippen LogP contribution in [0.5, 0.6) is 11.5 Å². The van der Waals surface area contributed by atoms with Gasteiger partial charge in [-0.1, -0.05) is 24.3 Å². The molecule has 2 aliphatic rings. The normalized spacial score (nSPS) is 20.7. The highest BCUT2D eigenvalue weighted by Crippen LogP contribution is 2.56. The molecular formula is C25H20F5NO4. The lowest BCUT2D eigenvalue weighted by molar-refractivity contribution is -0.153. The molecular weight excluding hydrogens is 473 g/mol. The maximum atomic E-state index is 14.1. The Morgan fingerprint density at radius 2 is 1.80 bits per heavy atom. The van der Waals surface area contributed by atoms with Gasteiger partial charge in [-0.05, 0) is 43.7 Å². The topological polar surface area (TPSA) is 51.9 Å². The summed E-state index contributed by atoms with van der Waals surface area (Å²) in [5.41, 5.74) is -0.472. The van der Waals surface area contributed by atoms with Gasteiger partial charge in [0.25, 0.3) is 0 Å². The molecule has 0 bridgehead atoms. The SMILES string of the molecule is CC1(C)C[C@]2(C(=O)N(Cc3ccc(C(F)(F)F)o3)c3ccccc32)c2ccc(OC(F)F)cc2O1. The van der Waals surface area contributed by atoms with Gasteiger partial charge in [0.2, 0.25) is 11.7 Å². The largest absolute Gasteiger partial charge is 0.487 e. The summed E-state index contributed by atoms with van der Waals surface area (Å²) < 4.78 is 80.2. The molecule has 10 heteroatoms. The monoisotopic (exact) mass is 493 g/mol. The minimum Gasteiger partial charge on any atom is -0.487 e. The van der Waals surface area contributed by atoms with E-state index in [0.717, 1.165) is 6.07 Å². The Balaban J connectivity index is 1.62. The number of furan rings is 1. The predicted octanol–water partition coefficient (Wildman–Crippen LogP) is 6.29. The van der Waals surface area contributed by atoms with E-state index >= 15 is 0 Å². The molecule has 1 aromatic heterocycles. The molecule has 0 radical (unpaired) electrons. The van der Waals surface area contributed by atoms with Crippen molar-refractivity contribution in [1.29, 1.82) is 0 Å². The van der Waals surface area contributed by atoms with Gasteiger partial charge in [0.1, 0.15) is 28.3 Å². The number of para-hydroxylation sites is 1. The Labute approximate surface area is 197 Å². The van der Waals surface area contributed by atoms with E-state index in [4.69, 9.17) is 9.15 Å². The zero-order valence-electron chi connectivity index (χ0n) is 18.7. The zero-order chi connectivity index (χ0) is 25.2. The van der Waals surface area contributed by atoms with Crippen molar-refractivity contribution < 1.29 is 40.6 Å². The molecule has 0 fully saturated rings. The van der Waals surface area contributed by atoms with Crippen LogP contribution in [0, 0.1) is 0 Å². The summed E-state index contributed by atoms with van der Waals surface area (Å²) >= 11 is 0. The Bertz CT molecular complexity index is 1300. The number of fused-ring (bicyclic) bond motifs is 4. The maximum absolute atomic E-state index is 14.1. The molecule has 2 aliphatic heterocycles. The molecule has 0 unspecified atom stereocenters.